The minimum atomic E-state index is -0.897. The molecule has 2 aliphatic rings. The number of carboxylic acid groups (broad SMARTS) is 1. The third kappa shape index (κ3) is 3.93. The third-order valence-corrected chi connectivity index (χ3v) is 4.10. The molecule has 1 atom stereocenters. The van der Waals surface area contributed by atoms with Gasteiger partial charge in [-0.05, 0) is 32.1 Å². The molecule has 1 aliphatic heterocycles. The highest BCUT2D eigenvalue weighted by Crippen LogP contribution is 2.21. The number of amides is 1. The summed E-state index contributed by atoms with van der Waals surface area (Å²) >= 11 is 0. The van der Waals surface area contributed by atoms with Crippen LogP contribution < -0.4 is 0 Å². The standard InChI is InChI=1S/C14H23NO4/c16-13(10-19-11-6-2-1-3-7-11)15-9-5-4-8-12(15)14(17)18/h11-12H,1-10H2,(H,17,18). The zero-order valence-corrected chi connectivity index (χ0v) is 11.3. The van der Waals surface area contributed by atoms with Crippen LogP contribution in [-0.2, 0) is 14.3 Å². The normalized spacial score (nSPS) is 25.3. The summed E-state index contributed by atoms with van der Waals surface area (Å²) in [6.45, 7) is 0.582. The molecular formula is C14H23NO4. The second-order valence-corrected chi connectivity index (χ2v) is 5.51. The van der Waals surface area contributed by atoms with Crippen molar-refractivity contribution in [2.45, 2.75) is 63.5 Å². The summed E-state index contributed by atoms with van der Waals surface area (Å²) in [7, 11) is 0. The number of hydrogen-bond acceptors (Lipinski definition) is 3. The van der Waals surface area contributed by atoms with Gasteiger partial charge in [0.05, 0.1) is 6.10 Å². The molecule has 2 fully saturated rings. The molecule has 1 saturated heterocycles. The van der Waals surface area contributed by atoms with E-state index in [1.807, 2.05) is 0 Å². The maximum Gasteiger partial charge on any atom is 0.326 e. The second-order valence-electron chi connectivity index (χ2n) is 5.51. The van der Waals surface area contributed by atoms with E-state index in [4.69, 9.17) is 9.84 Å². The molecule has 2 rings (SSSR count). The van der Waals surface area contributed by atoms with Crippen molar-refractivity contribution < 1.29 is 19.4 Å². The summed E-state index contributed by atoms with van der Waals surface area (Å²) in [4.78, 5) is 24.7. The first kappa shape index (κ1) is 14.3. The summed E-state index contributed by atoms with van der Waals surface area (Å²) < 4.78 is 5.64. The van der Waals surface area contributed by atoms with Gasteiger partial charge in [-0.1, -0.05) is 19.3 Å². The Morgan fingerprint density at radius 1 is 1.05 bits per heavy atom. The minimum absolute atomic E-state index is 0.0362. The van der Waals surface area contributed by atoms with Gasteiger partial charge in [0.25, 0.3) is 0 Å². The number of carbonyl (C=O) groups excluding carboxylic acids is 1. The van der Waals surface area contributed by atoms with Crippen molar-refractivity contribution >= 4 is 11.9 Å². The van der Waals surface area contributed by atoms with Gasteiger partial charge in [-0.25, -0.2) is 4.79 Å². The van der Waals surface area contributed by atoms with Gasteiger partial charge >= 0.3 is 5.97 Å². The fraction of sp³-hybridized carbons (Fsp3) is 0.857. The van der Waals surface area contributed by atoms with Gasteiger partial charge in [0.2, 0.25) is 5.91 Å². The third-order valence-electron chi connectivity index (χ3n) is 4.10. The quantitative estimate of drug-likeness (QED) is 0.845. The molecule has 1 N–H and O–H groups in total. The average molecular weight is 269 g/mol. The number of nitrogens with zero attached hydrogens (tertiary/aromatic N) is 1. The molecule has 108 valence electrons. The average Bonchev–Trinajstić information content (AvgIpc) is 2.46. The molecule has 0 radical (unpaired) electrons. The van der Waals surface area contributed by atoms with Crippen molar-refractivity contribution in [2.75, 3.05) is 13.2 Å². The lowest BCUT2D eigenvalue weighted by Gasteiger charge is -2.33. The predicted octanol–water partition coefficient (Wildman–Crippen LogP) is 1.80. The van der Waals surface area contributed by atoms with E-state index < -0.39 is 12.0 Å². The van der Waals surface area contributed by atoms with E-state index in [1.54, 1.807) is 0 Å². The Balaban J connectivity index is 1.81. The Labute approximate surface area is 113 Å². The smallest absolute Gasteiger partial charge is 0.326 e. The van der Waals surface area contributed by atoms with Crippen LogP contribution in [0.1, 0.15) is 51.4 Å². The zero-order valence-electron chi connectivity index (χ0n) is 11.3. The van der Waals surface area contributed by atoms with Crippen molar-refractivity contribution in [1.82, 2.24) is 4.90 Å². The van der Waals surface area contributed by atoms with Gasteiger partial charge in [0.1, 0.15) is 12.6 Å². The van der Waals surface area contributed by atoms with Crippen LogP contribution in [0, 0.1) is 0 Å². The maximum atomic E-state index is 12.1. The highest BCUT2D eigenvalue weighted by atomic mass is 16.5. The highest BCUT2D eigenvalue weighted by molar-refractivity contribution is 5.84. The van der Waals surface area contributed by atoms with Crippen LogP contribution in [0.4, 0.5) is 0 Å². The Kier molecular flexibility index (Phi) is 5.19. The molecule has 1 unspecified atom stereocenters. The second kappa shape index (κ2) is 6.89. The van der Waals surface area contributed by atoms with Gasteiger partial charge < -0.3 is 14.7 Å². The number of piperidine rings is 1. The van der Waals surface area contributed by atoms with Gasteiger partial charge in [-0.2, -0.15) is 0 Å². The molecule has 1 heterocycles. The van der Waals surface area contributed by atoms with E-state index in [9.17, 15) is 9.59 Å². The summed E-state index contributed by atoms with van der Waals surface area (Å²) in [5, 5.41) is 9.14. The largest absolute Gasteiger partial charge is 0.480 e. The van der Waals surface area contributed by atoms with Gasteiger partial charge in [-0.3, -0.25) is 4.79 Å². The Morgan fingerprint density at radius 2 is 1.74 bits per heavy atom. The first-order chi connectivity index (χ1) is 9.18. The molecule has 1 amide bonds. The lowest BCUT2D eigenvalue weighted by Crippen LogP contribution is -2.49. The molecule has 0 aromatic carbocycles. The number of carboxylic acids is 1. The first-order valence-corrected chi connectivity index (χ1v) is 7.32. The number of hydrogen-bond donors (Lipinski definition) is 1. The number of aliphatic carboxylic acids is 1. The number of rotatable bonds is 4. The number of ether oxygens (including phenoxy) is 1. The molecule has 0 bridgehead atoms. The fourth-order valence-electron chi connectivity index (χ4n) is 2.99. The van der Waals surface area contributed by atoms with E-state index >= 15 is 0 Å². The van der Waals surface area contributed by atoms with Crippen LogP contribution in [0.2, 0.25) is 0 Å². The Bertz CT molecular complexity index is 325. The summed E-state index contributed by atoms with van der Waals surface area (Å²) in [6.07, 6.45) is 8.14. The summed E-state index contributed by atoms with van der Waals surface area (Å²) in [5.41, 5.74) is 0. The zero-order chi connectivity index (χ0) is 13.7. The molecule has 5 heteroatoms. The van der Waals surface area contributed by atoms with Crippen molar-refractivity contribution in [1.29, 1.82) is 0 Å². The number of carbonyl (C=O) groups is 2. The molecule has 0 aromatic rings. The highest BCUT2D eigenvalue weighted by Gasteiger charge is 2.32. The lowest BCUT2D eigenvalue weighted by molar-refractivity contribution is -0.155. The first-order valence-electron chi connectivity index (χ1n) is 7.32. The lowest BCUT2D eigenvalue weighted by atomic mass is 9.98. The van der Waals surface area contributed by atoms with Crippen LogP contribution >= 0.6 is 0 Å². The van der Waals surface area contributed by atoms with Crippen molar-refractivity contribution in [3.8, 4) is 0 Å². The predicted molar refractivity (Wildman–Crippen MR) is 69.8 cm³/mol. The van der Waals surface area contributed by atoms with Crippen LogP contribution in [-0.4, -0.2) is 47.2 Å². The van der Waals surface area contributed by atoms with Crippen LogP contribution in [0.25, 0.3) is 0 Å². The van der Waals surface area contributed by atoms with E-state index in [0.717, 1.165) is 25.7 Å². The minimum Gasteiger partial charge on any atom is -0.480 e. The maximum absolute atomic E-state index is 12.1. The molecule has 5 nitrogen and oxygen atoms in total. The van der Waals surface area contributed by atoms with E-state index in [0.29, 0.717) is 13.0 Å². The Morgan fingerprint density at radius 3 is 2.42 bits per heavy atom. The Hall–Kier alpha value is -1.10. The van der Waals surface area contributed by atoms with Crippen LogP contribution in [0.5, 0.6) is 0 Å². The van der Waals surface area contributed by atoms with Gasteiger partial charge in [0.15, 0.2) is 0 Å². The number of likely N-dealkylation sites (tertiary alicyclic amines) is 1. The topological polar surface area (TPSA) is 66.8 Å². The molecule has 0 aromatic heterocycles. The molecule has 1 saturated carbocycles. The van der Waals surface area contributed by atoms with Crippen molar-refractivity contribution in [3.63, 3.8) is 0 Å². The van der Waals surface area contributed by atoms with Crippen LogP contribution in [0.3, 0.4) is 0 Å². The SMILES string of the molecule is O=C(O)C1CCCCN1C(=O)COC1CCCCC1. The molecule has 1 aliphatic carbocycles. The van der Waals surface area contributed by atoms with E-state index in [1.165, 1.54) is 24.2 Å². The summed E-state index contributed by atoms with van der Waals surface area (Å²) in [6, 6.07) is -0.656. The van der Waals surface area contributed by atoms with Gasteiger partial charge in [0, 0.05) is 6.54 Å². The fourth-order valence-corrected chi connectivity index (χ4v) is 2.99. The molecule has 19 heavy (non-hydrogen) atoms. The monoisotopic (exact) mass is 269 g/mol. The van der Waals surface area contributed by atoms with Crippen molar-refractivity contribution in [2.24, 2.45) is 0 Å². The van der Waals surface area contributed by atoms with Crippen LogP contribution in [0.15, 0.2) is 0 Å². The van der Waals surface area contributed by atoms with Gasteiger partial charge in [-0.15, -0.1) is 0 Å². The van der Waals surface area contributed by atoms with E-state index in [-0.39, 0.29) is 18.6 Å². The molecular weight excluding hydrogens is 246 g/mol. The summed E-state index contributed by atoms with van der Waals surface area (Å²) in [5.74, 6) is -1.07. The van der Waals surface area contributed by atoms with E-state index in [2.05, 4.69) is 0 Å². The molecule has 0 spiro atoms. The van der Waals surface area contributed by atoms with Crippen molar-refractivity contribution in [3.05, 3.63) is 0 Å².